The lowest BCUT2D eigenvalue weighted by molar-refractivity contribution is 0.330. The molecule has 0 fully saturated rings. The fourth-order valence-electron chi connectivity index (χ4n) is 2.31. The molecule has 0 radical (unpaired) electrons. The van der Waals surface area contributed by atoms with Crippen LogP contribution in [0.15, 0.2) is 35.5 Å². The number of methoxy groups -OCH3 is 1. The van der Waals surface area contributed by atoms with Gasteiger partial charge in [0.2, 0.25) is 0 Å². The van der Waals surface area contributed by atoms with Crippen LogP contribution in [0.4, 0.5) is 0 Å². The molecule has 1 aromatic heterocycles. The highest BCUT2D eigenvalue weighted by Crippen LogP contribution is 2.28. The van der Waals surface area contributed by atoms with Crippen LogP contribution < -0.4 is 20.1 Å². The molecule has 1 aromatic carbocycles. The van der Waals surface area contributed by atoms with E-state index in [1.165, 1.54) is 0 Å². The fraction of sp³-hybridized carbons (Fsp3) is 0.368. The molecule has 8 heteroatoms. The Morgan fingerprint density at radius 2 is 2.11 bits per heavy atom. The van der Waals surface area contributed by atoms with Crippen molar-refractivity contribution in [1.29, 1.82) is 0 Å². The Hall–Kier alpha value is -2.41. The molecule has 0 saturated heterocycles. The van der Waals surface area contributed by atoms with Gasteiger partial charge in [-0.2, -0.15) is 5.10 Å². The van der Waals surface area contributed by atoms with Crippen molar-refractivity contribution in [2.24, 2.45) is 12.0 Å². The topological polar surface area (TPSA) is 72.7 Å². The van der Waals surface area contributed by atoms with Crippen molar-refractivity contribution in [3.63, 3.8) is 0 Å². The average Bonchev–Trinajstić information content (AvgIpc) is 3.07. The quantitative estimate of drug-likeness (QED) is 0.261. The normalized spacial score (nSPS) is 10.5. The third kappa shape index (κ3) is 7.02. The molecule has 0 aliphatic rings. The van der Waals surface area contributed by atoms with E-state index in [1.807, 2.05) is 42.9 Å². The van der Waals surface area contributed by atoms with Gasteiger partial charge >= 0.3 is 0 Å². The number of aryl methyl sites for hydroxylation is 1. The van der Waals surface area contributed by atoms with Crippen molar-refractivity contribution in [1.82, 2.24) is 20.4 Å². The van der Waals surface area contributed by atoms with Crippen LogP contribution in [-0.4, -0.2) is 36.0 Å². The predicted molar refractivity (Wildman–Crippen MR) is 118 cm³/mol. The Morgan fingerprint density at radius 3 is 2.74 bits per heavy atom. The first-order valence-electron chi connectivity index (χ1n) is 8.40. The van der Waals surface area contributed by atoms with E-state index in [-0.39, 0.29) is 30.6 Å². The lowest BCUT2D eigenvalue weighted by atomic mass is 10.2. The smallest absolute Gasteiger partial charge is 0.191 e. The zero-order valence-corrected chi connectivity index (χ0v) is 18.2. The minimum absolute atomic E-state index is 0. The molecular weight excluding hydrogens is 457 g/mol. The molecule has 146 valence electrons. The number of nitrogens with zero attached hydrogens (tertiary/aromatic N) is 3. The molecule has 0 unspecified atom stereocenters. The number of aromatic nitrogens is 2. The van der Waals surface area contributed by atoms with E-state index in [4.69, 9.17) is 15.9 Å². The Bertz CT molecular complexity index is 783. The van der Waals surface area contributed by atoms with E-state index in [0.29, 0.717) is 24.6 Å². The molecular formula is C19H26IN5O2. The largest absolute Gasteiger partial charge is 0.493 e. The number of hydrogen-bond acceptors (Lipinski definition) is 4. The van der Waals surface area contributed by atoms with Crippen molar-refractivity contribution in [2.45, 2.75) is 20.0 Å². The summed E-state index contributed by atoms with van der Waals surface area (Å²) < 4.78 is 12.7. The number of hydrogen-bond donors (Lipinski definition) is 2. The number of ether oxygens (including phenoxy) is 2. The first-order chi connectivity index (χ1) is 12.7. The van der Waals surface area contributed by atoms with Crippen molar-refractivity contribution < 1.29 is 9.47 Å². The van der Waals surface area contributed by atoms with Crippen LogP contribution >= 0.6 is 24.0 Å². The third-order valence-electron chi connectivity index (χ3n) is 3.66. The standard InChI is InChI=1S/C19H25N5O2.HI/c1-5-11-26-18-12-15(7-8-17(18)25-4)13-21-19(20-6-2)22-14-16-9-10-23-24(16)3;/h1,7-10,12H,6,11,13-14H2,2-4H3,(H2,20,21,22);1H. The van der Waals surface area contributed by atoms with Gasteiger partial charge in [0, 0.05) is 19.8 Å². The molecule has 0 spiro atoms. The summed E-state index contributed by atoms with van der Waals surface area (Å²) >= 11 is 0. The molecule has 0 saturated carbocycles. The van der Waals surface area contributed by atoms with Crippen LogP contribution in [0.2, 0.25) is 0 Å². The van der Waals surface area contributed by atoms with Gasteiger partial charge in [-0.15, -0.1) is 30.4 Å². The summed E-state index contributed by atoms with van der Waals surface area (Å²) in [6, 6.07) is 7.67. The van der Waals surface area contributed by atoms with Crippen LogP contribution in [0.3, 0.4) is 0 Å². The Morgan fingerprint density at radius 1 is 1.30 bits per heavy atom. The maximum absolute atomic E-state index is 5.53. The summed E-state index contributed by atoms with van der Waals surface area (Å²) in [4.78, 5) is 4.62. The average molecular weight is 483 g/mol. The minimum Gasteiger partial charge on any atom is -0.493 e. The van der Waals surface area contributed by atoms with Gasteiger partial charge < -0.3 is 20.1 Å². The molecule has 2 N–H and O–H groups in total. The van der Waals surface area contributed by atoms with Crippen molar-refractivity contribution in [3.8, 4) is 23.8 Å². The Balaban J connectivity index is 0.00000364. The number of terminal acetylenes is 1. The lowest BCUT2D eigenvalue weighted by Crippen LogP contribution is -2.37. The molecule has 27 heavy (non-hydrogen) atoms. The zero-order valence-electron chi connectivity index (χ0n) is 15.9. The van der Waals surface area contributed by atoms with E-state index >= 15 is 0 Å². The van der Waals surface area contributed by atoms with Crippen molar-refractivity contribution >= 4 is 29.9 Å². The van der Waals surface area contributed by atoms with Crippen LogP contribution in [0.1, 0.15) is 18.2 Å². The number of nitrogens with one attached hydrogen (secondary N) is 2. The van der Waals surface area contributed by atoms with Crippen LogP contribution in [0, 0.1) is 12.3 Å². The summed E-state index contributed by atoms with van der Waals surface area (Å²) in [7, 11) is 3.51. The van der Waals surface area contributed by atoms with Crippen molar-refractivity contribution in [3.05, 3.63) is 41.7 Å². The van der Waals surface area contributed by atoms with Gasteiger partial charge in [-0.25, -0.2) is 4.99 Å². The molecule has 2 aromatic rings. The van der Waals surface area contributed by atoms with E-state index in [0.717, 1.165) is 23.8 Å². The molecule has 0 aliphatic heterocycles. The van der Waals surface area contributed by atoms with E-state index in [9.17, 15) is 0 Å². The van der Waals surface area contributed by atoms with Crippen LogP contribution in [-0.2, 0) is 20.1 Å². The highest BCUT2D eigenvalue weighted by Gasteiger charge is 2.06. The third-order valence-corrected chi connectivity index (χ3v) is 3.66. The first-order valence-corrected chi connectivity index (χ1v) is 8.40. The second-order valence-electron chi connectivity index (χ2n) is 5.47. The lowest BCUT2D eigenvalue weighted by Gasteiger charge is -2.12. The molecule has 0 aliphatic carbocycles. The fourth-order valence-corrected chi connectivity index (χ4v) is 2.31. The second kappa shape index (κ2) is 12.1. The van der Waals surface area contributed by atoms with Gasteiger partial charge in [0.25, 0.3) is 0 Å². The second-order valence-corrected chi connectivity index (χ2v) is 5.47. The summed E-state index contributed by atoms with van der Waals surface area (Å²) in [5.74, 6) is 4.45. The molecule has 0 atom stereocenters. The Labute approximate surface area is 177 Å². The molecule has 1 heterocycles. The molecule has 0 amide bonds. The first kappa shape index (κ1) is 22.6. The van der Waals surface area contributed by atoms with E-state index < -0.39 is 0 Å². The monoisotopic (exact) mass is 483 g/mol. The number of rotatable bonds is 8. The number of benzene rings is 1. The Kier molecular flexibility index (Phi) is 10.1. The van der Waals surface area contributed by atoms with Gasteiger partial charge in [-0.3, -0.25) is 4.68 Å². The van der Waals surface area contributed by atoms with Crippen molar-refractivity contribution in [2.75, 3.05) is 20.3 Å². The SMILES string of the molecule is C#CCOc1cc(CN=C(NCC)NCc2ccnn2C)ccc1OC.I. The maximum atomic E-state index is 5.53. The number of aliphatic imine (C=N–C) groups is 1. The van der Waals surface area contributed by atoms with Crippen LogP contribution in [0.25, 0.3) is 0 Å². The number of halogens is 1. The summed E-state index contributed by atoms with van der Waals surface area (Å²) in [5, 5.41) is 10.7. The molecule has 7 nitrogen and oxygen atoms in total. The van der Waals surface area contributed by atoms with Gasteiger partial charge in [-0.1, -0.05) is 12.0 Å². The summed E-state index contributed by atoms with van der Waals surface area (Å²) in [5.41, 5.74) is 2.07. The highest BCUT2D eigenvalue weighted by atomic mass is 127. The van der Waals surface area contributed by atoms with Gasteiger partial charge in [0.1, 0.15) is 6.61 Å². The number of guanidine groups is 1. The molecule has 0 bridgehead atoms. The summed E-state index contributed by atoms with van der Waals surface area (Å²) in [6.45, 7) is 4.13. The highest BCUT2D eigenvalue weighted by molar-refractivity contribution is 14.0. The molecule has 2 rings (SSSR count). The summed E-state index contributed by atoms with van der Waals surface area (Å²) in [6.07, 6.45) is 7.04. The van der Waals surface area contributed by atoms with Gasteiger partial charge in [0.15, 0.2) is 17.5 Å². The van der Waals surface area contributed by atoms with E-state index in [1.54, 1.807) is 13.3 Å². The van der Waals surface area contributed by atoms with Gasteiger partial charge in [0.05, 0.1) is 25.9 Å². The maximum Gasteiger partial charge on any atom is 0.191 e. The minimum atomic E-state index is 0. The van der Waals surface area contributed by atoms with Gasteiger partial charge in [-0.05, 0) is 30.7 Å². The zero-order chi connectivity index (χ0) is 18.8. The van der Waals surface area contributed by atoms with E-state index in [2.05, 4.69) is 26.6 Å². The predicted octanol–water partition coefficient (Wildman–Crippen LogP) is 2.31. The van der Waals surface area contributed by atoms with Crippen LogP contribution in [0.5, 0.6) is 11.5 Å².